The van der Waals surface area contributed by atoms with Crippen LogP contribution in [0.2, 0.25) is 0 Å². The Kier molecular flexibility index (Phi) is 3.88. The minimum absolute atomic E-state index is 0.00600. The predicted molar refractivity (Wildman–Crippen MR) is 100 cm³/mol. The third-order valence-electron chi connectivity index (χ3n) is 4.62. The molecule has 0 aliphatic rings. The molecule has 0 aromatic carbocycles. The van der Waals surface area contributed by atoms with E-state index in [9.17, 15) is 4.79 Å². The summed E-state index contributed by atoms with van der Waals surface area (Å²) in [5, 5.41) is 7.96. The number of aromatic nitrogens is 5. The summed E-state index contributed by atoms with van der Waals surface area (Å²) in [6.07, 6.45) is 3.82. The van der Waals surface area contributed by atoms with Gasteiger partial charge in [-0.15, -0.1) is 0 Å². The van der Waals surface area contributed by atoms with Crippen molar-refractivity contribution in [3.8, 4) is 11.3 Å². The van der Waals surface area contributed by atoms with Crippen LogP contribution in [0.15, 0.2) is 36.7 Å². The predicted octanol–water partition coefficient (Wildman–Crippen LogP) is 3.70. The number of hydrogen-bond donors (Lipinski definition) is 2. The minimum atomic E-state index is -0.00600. The molecule has 6 heteroatoms. The Hall–Kier alpha value is -3.28. The number of H-pyrrole nitrogens is 2. The van der Waals surface area contributed by atoms with Crippen LogP contribution in [0.4, 0.5) is 0 Å². The maximum atomic E-state index is 12.5. The Balaban J connectivity index is 1.63. The van der Waals surface area contributed by atoms with Crippen molar-refractivity contribution in [3.05, 3.63) is 64.9 Å². The normalized spacial score (nSPS) is 11.2. The summed E-state index contributed by atoms with van der Waals surface area (Å²) in [7, 11) is 0. The van der Waals surface area contributed by atoms with Crippen LogP contribution in [0.1, 0.15) is 33.0 Å². The lowest BCUT2D eigenvalue weighted by Gasteiger charge is -2.00. The summed E-state index contributed by atoms with van der Waals surface area (Å²) in [4.78, 5) is 24.5. The quantitative estimate of drug-likeness (QED) is 0.552. The van der Waals surface area contributed by atoms with Gasteiger partial charge in [0.05, 0.1) is 0 Å². The first-order chi connectivity index (χ1) is 12.5. The van der Waals surface area contributed by atoms with Crippen LogP contribution in [0.3, 0.4) is 0 Å². The largest absolute Gasteiger partial charge is 0.339 e. The van der Waals surface area contributed by atoms with Gasteiger partial charge in [-0.25, -0.2) is 4.98 Å². The van der Waals surface area contributed by atoms with Crippen molar-refractivity contribution in [2.24, 2.45) is 0 Å². The molecule has 4 aromatic rings. The lowest BCUT2D eigenvalue weighted by atomic mass is 10.0. The van der Waals surface area contributed by atoms with Crippen LogP contribution in [-0.2, 0) is 6.42 Å². The molecule has 0 saturated carbocycles. The van der Waals surface area contributed by atoms with Gasteiger partial charge >= 0.3 is 0 Å². The summed E-state index contributed by atoms with van der Waals surface area (Å²) < 4.78 is 0. The number of nitrogens with one attached hydrogen (secondary N) is 2. The van der Waals surface area contributed by atoms with Crippen LogP contribution in [0.25, 0.3) is 22.3 Å². The smallest absolute Gasteiger partial charge is 0.187 e. The molecule has 4 rings (SSSR count). The Morgan fingerprint density at radius 2 is 1.96 bits per heavy atom. The number of carbonyl (C=O) groups excluding carboxylic acids is 1. The van der Waals surface area contributed by atoms with Crippen molar-refractivity contribution in [2.45, 2.75) is 27.2 Å². The van der Waals surface area contributed by atoms with Crippen molar-refractivity contribution < 1.29 is 4.79 Å². The molecule has 0 amide bonds. The monoisotopic (exact) mass is 345 g/mol. The summed E-state index contributed by atoms with van der Waals surface area (Å²) in [5.41, 5.74) is 7.02. The van der Waals surface area contributed by atoms with E-state index in [1.54, 1.807) is 12.4 Å². The van der Waals surface area contributed by atoms with Crippen LogP contribution in [-0.4, -0.2) is 30.9 Å². The van der Waals surface area contributed by atoms with Gasteiger partial charge in [0.1, 0.15) is 11.3 Å². The number of nitrogens with zero attached hydrogens (tertiary/aromatic N) is 3. The first kappa shape index (κ1) is 16.2. The second kappa shape index (κ2) is 6.22. The molecule has 0 fully saturated rings. The van der Waals surface area contributed by atoms with E-state index in [0.29, 0.717) is 5.69 Å². The molecule has 130 valence electrons. The van der Waals surface area contributed by atoms with Crippen molar-refractivity contribution >= 4 is 16.8 Å². The number of pyridine rings is 2. The standard InChI is InChI=1S/C20H19N5O/c1-11-6-15(4-5-21-11)17-9-16-7-14(10-22-20(16)23-17)8-18(26)19-12(2)13(3)24-25-19/h4-7,9-10H,8H2,1-3H3,(H,22,23)(H,24,25). The van der Waals surface area contributed by atoms with Gasteiger partial charge in [0.25, 0.3) is 0 Å². The maximum absolute atomic E-state index is 12.5. The van der Waals surface area contributed by atoms with Gasteiger partial charge in [0, 0.05) is 52.4 Å². The van der Waals surface area contributed by atoms with E-state index in [-0.39, 0.29) is 12.2 Å². The van der Waals surface area contributed by atoms with E-state index in [0.717, 1.165) is 44.8 Å². The molecule has 0 atom stereocenters. The lowest BCUT2D eigenvalue weighted by molar-refractivity contribution is 0.0987. The van der Waals surface area contributed by atoms with E-state index in [1.165, 1.54) is 0 Å². The number of aromatic amines is 2. The number of fused-ring (bicyclic) bond motifs is 1. The zero-order valence-corrected chi connectivity index (χ0v) is 14.9. The summed E-state index contributed by atoms with van der Waals surface area (Å²) in [5.74, 6) is -0.00600. The zero-order chi connectivity index (χ0) is 18.3. The number of rotatable bonds is 4. The molecule has 26 heavy (non-hydrogen) atoms. The maximum Gasteiger partial charge on any atom is 0.187 e. The van der Waals surface area contributed by atoms with E-state index in [4.69, 9.17) is 0 Å². The van der Waals surface area contributed by atoms with Crippen molar-refractivity contribution in [2.75, 3.05) is 0 Å². The molecule has 4 aromatic heterocycles. The van der Waals surface area contributed by atoms with E-state index in [1.807, 2.05) is 39.0 Å². The number of aryl methyl sites for hydroxylation is 2. The van der Waals surface area contributed by atoms with Crippen molar-refractivity contribution in [1.29, 1.82) is 0 Å². The number of ketones is 1. The fourth-order valence-electron chi connectivity index (χ4n) is 3.05. The molecule has 0 radical (unpaired) electrons. The third kappa shape index (κ3) is 2.90. The van der Waals surface area contributed by atoms with Crippen LogP contribution >= 0.6 is 0 Å². The average Bonchev–Trinajstić information content (AvgIpc) is 3.18. The zero-order valence-electron chi connectivity index (χ0n) is 14.9. The van der Waals surface area contributed by atoms with Gasteiger partial charge in [-0.1, -0.05) is 0 Å². The Labute approximate surface area is 150 Å². The van der Waals surface area contributed by atoms with Gasteiger partial charge in [-0.3, -0.25) is 14.9 Å². The first-order valence-corrected chi connectivity index (χ1v) is 8.46. The van der Waals surface area contributed by atoms with Crippen LogP contribution in [0.5, 0.6) is 0 Å². The number of carbonyl (C=O) groups is 1. The van der Waals surface area contributed by atoms with E-state index in [2.05, 4.69) is 31.2 Å². The SMILES string of the molecule is Cc1cc(-c2cc3cc(CC(=O)c4n[nH]c(C)c4C)cnc3[nH]2)ccn1. The summed E-state index contributed by atoms with van der Waals surface area (Å²) in [6, 6.07) is 8.04. The van der Waals surface area contributed by atoms with Gasteiger partial charge in [-0.2, -0.15) is 5.10 Å². The number of hydrogen-bond acceptors (Lipinski definition) is 4. The van der Waals surface area contributed by atoms with Gasteiger partial charge < -0.3 is 4.98 Å². The number of Topliss-reactive ketones (excluding diaryl/α,β-unsaturated/α-hetero) is 1. The molecule has 2 N–H and O–H groups in total. The summed E-state index contributed by atoms with van der Waals surface area (Å²) >= 11 is 0. The molecule has 0 bridgehead atoms. The second-order valence-corrected chi connectivity index (χ2v) is 6.57. The van der Waals surface area contributed by atoms with Crippen LogP contribution < -0.4 is 0 Å². The molecular weight excluding hydrogens is 326 g/mol. The van der Waals surface area contributed by atoms with Crippen molar-refractivity contribution in [1.82, 2.24) is 25.1 Å². The molecule has 0 spiro atoms. The average molecular weight is 345 g/mol. The molecule has 4 heterocycles. The Bertz CT molecular complexity index is 1120. The fraction of sp³-hybridized carbons (Fsp3) is 0.200. The molecular formula is C20H19N5O. The highest BCUT2D eigenvalue weighted by Gasteiger charge is 2.15. The Morgan fingerprint density at radius 3 is 2.69 bits per heavy atom. The summed E-state index contributed by atoms with van der Waals surface area (Å²) in [6.45, 7) is 5.78. The third-order valence-corrected chi connectivity index (χ3v) is 4.62. The first-order valence-electron chi connectivity index (χ1n) is 8.46. The van der Waals surface area contributed by atoms with Gasteiger partial charge in [0.15, 0.2) is 5.78 Å². The minimum Gasteiger partial charge on any atom is -0.339 e. The highest BCUT2D eigenvalue weighted by atomic mass is 16.1. The molecule has 0 aliphatic carbocycles. The van der Waals surface area contributed by atoms with E-state index >= 15 is 0 Å². The molecule has 0 aliphatic heterocycles. The van der Waals surface area contributed by atoms with Gasteiger partial charge in [-0.05, 0) is 50.6 Å². The van der Waals surface area contributed by atoms with E-state index < -0.39 is 0 Å². The molecule has 0 unspecified atom stereocenters. The highest BCUT2D eigenvalue weighted by Crippen LogP contribution is 2.24. The second-order valence-electron chi connectivity index (χ2n) is 6.57. The lowest BCUT2D eigenvalue weighted by Crippen LogP contribution is -2.06. The van der Waals surface area contributed by atoms with Crippen molar-refractivity contribution in [3.63, 3.8) is 0 Å². The topological polar surface area (TPSA) is 87.3 Å². The van der Waals surface area contributed by atoms with Gasteiger partial charge in [0.2, 0.25) is 0 Å². The van der Waals surface area contributed by atoms with Crippen LogP contribution in [0, 0.1) is 20.8 Å². The Morgan fingerprint density at radius 1 is 1.12 bits per heavy atom. The molecule has 6 nitrogen and oxygen atoms in total. The molecule has 0 saturated heterocycles. The highest BCUT2D eigenvalue weighted by molar-refractivity contribution is 5.97. The fourth-order valence-corrected chi connectivity index (χ4v) is 3.05.